The van der Waals surface area contributed by atoms with E-state index in [1.165, 1.54) is 0 Å². The van der Waals surface area contributed by atoms with Crippen molar-refractivity contribution in [3.63, 3.8) is 0 Å². The minimum Gasteiger partial charge on any atom is -0.465 e. The summed E-state index contributed by atoms with van der Waals surface area (Å²) in [4.78, 5) is 49.9. The van der Waals surface area contributed by atoms with Gasteiger partial charge in [-0.2, -0.15) is 0 Å². The van der Waals surface area contributed by atoms with Crippen molar-refractivity contribution >= 4 is 23.5 Å². The highest BCUT2D eigenvalue weighted by Crippen LogP contribution is 2.49. The molecule has 122 valence electrons. The molecule has 22 heavy (non-hydrogen) atoms. The summed E-state index contributed by atoms with van der Waals surface area (Å²) in [6.07, 6.45) is 3.29. The second-order valence-electron chi connectivity index (χ2n) is 5.83. The third-order valence-electron chi connectivity index (χ3n) is 4.63. The average molecular weight is 310 g/mol. The van der Waals surface area contributed by atoms with Gasteiger partial charge in [0.2, 0.25) is 0 Å². The number of Topliss-reactive ketones (excluding diaryl/α,β-unsaturated/α-hetero) is 2. The zero-order valence-corrected chi connectivity index (χ0v) is 13.1. The van der Waals surface area contributed by atoms with E-state index >= 15 is 0 Å². The van der Waals surface area contributed by atoms with Crippen molar-refractivity contribution in [1.29, 1.82) is 0 Å². The van der Waals surface area contributed by atoms with E-state index in [1.54, 1.807) is 13.8 Å². The van der Waals surface area contributed by atoms with Gasteiger partial charge < -0.3 is 9.47 Å². The summed E-state index contributed by atoms with van der Waals surface area (Å²) in [5, 5.41) is 0. The number of ether oxygens (including phenoxy) is 2. The molecule has 2 aliphatic rings. The molecule has 0 saturated heterocycles. The summed E-state index contributed by atoms with van der Waals surface area (Å²) in [7, 11) is 0. The summed E-state index contributed by atoms with van der Waals surface area (Å²) in [5.41, 5.74) is -1.19. The van der Waals surface area contributed by atoms with Gasteiger partial charge in [-0.1, -0.05) is 19.3 Å². The van der Waals surface area contributed by atoms with E-state index in [-0.39, 0.29) is 13.2 Å². The highest BCUT2D eigenvalue weighted by Gasteiger charge is 2.65. The van der Waals surface area contributed by atoms with Crippen molar-refractivity contribution in [3.8, 4) is 0 Å². The maximum atomic E-state index is 12.8. The molecule has 0 aliphatic heterocycles. The molecule has 0 bridgehead atoms. The number of hydrogen-bond donors (Lipinski definition) is 0. The van der Waals surface area contributed by atoms with E-state index in [0.29, 0.717) is 12.8 Å². The third-order valence-corrected chi connectivity index (χ3v) is 4.63. The van der Waals surface area contributed by atoms with Crippen molar-refractivity contribution in [3.05, 3.63) is 0 Å². The van der Waals surface area contributed by atoms with Crippen molar-refractivity contribution in [1.82, 2.24) is 0 Å². The minimum absolute atomic E-state index is 0.0966. The van der Waals surface area contributed by atoms with Gasteiger partial charge in [0.1, 0.15) is 11.8 Å². The summed E-state index contributed by atoms with van der Waals surface area (Å²) in [6.45, 7) is 3.43. The zero-order valence-electron chi connectivity index (χ0n) is 13.1. The highest BCUT2D eigenvalue weighted by atomic mass is 16.5. The van der Waals surface area contributed by atoms with Gasteiger partial charge in [0.25, 0.3) is 0 Å². The predicted octanol–water partition coefficient (Wildman–Crippen LogP) is 1.45. The lowest BCUT2D eigenvalue weighted by Gasteiger charge is -2.30. The Morgan fingerprint density at radius 2 is 1.32 bits per heavy atom. The minimum atomic E-state index is -1.34. The maximum Gasteiger partial charge on any atom is 0.317 e. The second-order valence-corrected chi connectivity index (χ2v) is 5.83. The quantitative estimate of drug-likeness (QED) is 0.577. The van der Waals surface area contributed by atoms with E-state index in [1.807, 2.05) is 0 Å². The molecule has 6 heteroatoms. The Bertz CT molecular complexity index is 451. The molecule has 0 amide bonds. The van der Waals surface area contributed by atoms with Crippen LogP contribution in [0.3, 0.4) is 0 Å². The number of rotatable bonds is 4. The second kappa shape index (κ2) is 6.58. The van der Waals surface area contributed by atoms with E-state index in [2.05, 4.69) is 0 Å². The standard InChI is InChI=1S/C16H22O6/c1-3-21-14(19)10-11(15(20)22-4-2)13(18)16(12(10)17)8-6-5-7-9-16/h10-11H,3-9H2,1-2H3/t10-,11-/m1/s1. The van der Waals surface area contributed by atoms with Crippen molar-refractivity contribution in [2.24, 2.45) is 17.3 Å². The number of carbonyl (C=O) groups excluding carboxylic acids is 4. The smallest absolute Gasteiger partial charge is 0.317 e. The van der Waals surface area contributed by atoms with Gasteiger partial charge in [-0.25, -0.2) is 0 Å². The first-order valence-corrected chi connectivity index (χ1v) is 7.91. The van der Waals surface area contributed by atoms with Crippen LogP contribution in [0.2, 0.25) is 0 Å². The number of ketones is 2. The molecular formula is C16H22O6. The molecule has 2 fully saturated rings. The van der Waals surface area contributed by atoms with Gasteiger partial charge >= 0.3 is 11.9 Å². The Balaban J connectivity index is 2.39. The molecule has 0 heterocycles. The molecule has 0 aromatic heterocycles. The summed E-state index contributed by atoms with van der Waals surface area (Å²) >= 11 is 0. The van der Waals surface area contributed by atoms with E-state index in [4.69, 9.17) is 9.47 Å². The van der Waals surface area contributed by atoms with Crippen LogP contribution in [0.1, 0.15) is 46.0 Å². The van der Waals surface area contributed by atoms with Crippen molar-refractivity contribution in [2.75, 3.05) is 13.2 Å². The Hall–Kier alpha value is -1.72. The van der Waals surface area contributed by atoms with E-state index in [9.17, 15) is 19.2 Å². The van der Waals surface area contributed by atoms with E-state index < -0.39 is 40.8 Å². The van der Waals surface area contributed by atoms with Crippen LogP contribution < -0.4 is 0 Å². The first kappa shape index (κ1) is 16.6. The highest BCUT2D eigenvalue weighted by molar-refractivity contribution is 6.27. The first-order valence-electron chi connectivity index (χ1n) is 7.91. The molecule has 2 atom stereocenters. The van der Waals surface area contributed by atoms with Crippen LogP contribution >= 0.6 is 0 Å². The number of carbonyl (C=O) groups is 4. The molecule has 6 nitrogen and oxygen atoms in total. The molecule has 0 radical (unpaired) electrons. The topological polar surface area (TPSA) is 86.7 Å². The molecule has 2 aliphatic carbocycles. The van der Waals surface area contributed by atoms with Crippen LogP contribution in [0.4, 0.5) is 0 Å². The van der Waals surface area contributed by atoms with Crippen LogP contribution in [0, 0.1) is 17.3 Å². The van der Waals surface area contributed by atoms with E-state index in [0.717, 1.165) is 19.3 Å². The Kier molecular flexibility index (Phi) is 4.98. The number of hydrogen-bond acceptors (Lipinski definition) is 6. The Morgan fingerprint density at radius 1 is 0.909 bits per heavy atom. The van der Waals surface area contributed by atoms with Gasteiger partial charge in [-0.15, -0.1) is 0 Å². The van der Waals surface area contributed by atoms with Crippen molar-refractivity contribution < 1.29 is 28.7 Å². The molecule has 0 N–H and O–H groups in total. The molecule has 0 aromatic rings. The monoisotopic (exact) mass is 310 g/mol. The van der Waals surface area contributed by atoms with Crippen LogP contribution in [0.5, 0.6) is 0 Å². The van der Waals surface area contributed by atoms with Gasteiger partial charge in [0, 0.05) is 0 Å². The lowest BCUT2D eigenvalue weighted by Crippen LogP contribution is -2.37. The van der Waals surface area contributed by atoms with Crippen molar-refractivity contribution in [2.45, 2.75) is 46.0 Å². The first-order chi connectivity index (χ1) is 10.5. The summed E-state index contributed by atoms with van der Waals surface area (Å²) in [6, 6.07) is 0. The van der Waals surface area contributed by atoms with Crippen LogP contribution in [-0.4, -0.2) is 36.7 Å². The molecule has 0 unspecified atom stereocenters. The summed E-state index contributed by atoms with van der Waals surface area (Å²) < 4.78 is 9.83. The fourth-order valence-corrected chi connectivity index (χ4v) is 3.62. The Labute approximate surface area is 129 Å². The molecule has 1 spiro atoms. The molecule has 2 saturated carbocycles. The van der Waals surface area contributed by atoms with Gasteiger partial charge in [-0.05, 0) is 26.7 Å². The molecule has 0 aromatic carbocycles. The molecule has 2 rings (SSSR count). The maximum absolute atomic E-state index is 12.8. The lowest BCUT2D eigenvalue weighted by atomic mass is 9.71. The third kappa shape index (κ3) is 2.55. The largest absolute Gasteiger partial charge is 0.465 e. The molecular weight excluding hydrogens is 288 g/mol. The fraction of sp³-hybridized carbons (Fsp3) is 0.750. The fourth-order valence-electron chi connectivity index (χ4n) is 3.62. The van der Waals surface area contributed by atoms with Gasteiger partial charge in [0.05, 0.1) is 18.6 Å². The SMILES string of the molecule is CCOC(=O)[C@H]1C(=O)C2(CCCCC2)C(=O)[C@@H]1C(=O)OCC. The van der Waals surface area contributed by atoms with Crippen LogP contribution in [0.25, 0.3) is 0 Å². The van der Waals surface area contributed by atoms with Gasteiger partial charge in [0.15, 0.2) is 11.6 Å². The lowest BCUT2D eigenvalue weighted by molar-refractivity contribution is -0.162. The van der Waals surface area contributed by atoms with Crippen LogP contribution in [0.15, 0.2) is 0 Å². The normalized spacial score (nSPS) is 27.0. The van der Waals surface area contributed by atoms with Crippen LogP contribution in [-0.2, 0) is 28.7 Å². The summed E-state index contributed by atoms with van der Waals surface area (Å²) in [5.74, 6) is -5.17. The zero-order chi connectivity index (χ0) is 16.3. The number of esters is 2. The predicted molar refractivity (Wildman–Crippen MR) is 75.8 cm³/mol. The Morgan fingerprint density at radius 3 is 1.68 bits per heavy atom. The average Bonchev–Trinajstić information content (AvgIpc) is 2.71. The van der Waals surface area contributed by atoms with Gasteiger partial charge in [-0.3, -0.25) is 19.2 Å².